The van der Waals surface area contributed by atoms with E-state index in [4.69, 9.17) is 5.73 Å². The molecule has 27 heavy (non-hydrogen) atoms. The largest absolute Gasteiger partial charge is 0.399 e. The van der Waals surface area contributed by atoms with Crippen LogP contribution in [-0.2, 0) is 13.1 Å². The molecule has 4 nitrogen and oxygen atoms in total. The summed E-state index contributed by atoms with van der Waals surface area (Å²) in [6, 6.07) is 16.2. The highest BCUT2D eigenvalue weighted by molar-refractivity contribution is 5.94. The third-order valence-corrected chi connectivity index (χ3v) is 4.95. The van der Waals surface area contributed by atoms with Crippen LogP contribution in [0.3, 0.4) is 0 Å². The number of halogens is 2. The fraction of sp³-hybridized carbons (Fsp3) is 0.381. The fourth-order valence-electron chi connectivity index (χ4n) is 3.35. The topological polar surface area (TPSA) is 58.4 Å². The van der Waals surface area contributed by atoms with Crippen molar-refractivity contribution in [2.24, 2.45) is 0 Å². The molecule has 3 N–H and O–H groups in total. The molecule has 0 spiro atoms. The molecular formula is C21H29Cl2N3O. The molecule has 1 atom stereocenters. The average molecular weight is 410 g/mol. The van der Waals surface area contributed by atoms with Crippen molar-refractivity contribution in [3.8, 4) is 0 Å². The van der Waals surface area contributed by atoms with Crippen LogP contribution >= 0.6 is 24.8 Å². The first-order valence-corrected chi connectivity index (χ1v) is 9.07. The van der Waals surface area contributed by atoms with Gasteiger partial charge in [-0.15, -0.1) is 24.8 Å². The van der Waals surface area contributed by atoms with E-state index in [1.165, 1.54) is 31.4 Å². The van der Waals surface area contributed by atoms with Gasteiger partial charge in [-0.25, -0.2) is 0 Å². The van der Waals surface area contributed by atoms with Gasteiger partial charge in [-0.1, -0.05) is 36.8 Å². The minimum absolute atomic E-state index is 0. The number of nitrogens with two attached hydrogens (primary N) is 1. The molecule has 0 radical (unpaired) electrons. The summed E-state index contributed by atoms with van der Waals surface area (Å²) in [7, 11) is 0. The van der Waals surface area contributed by atoms with E-state index in [0.717, 1.165) is 12.1 Å². The molecule has 1 aliphatic heterocycles. The first kappa shape index (κ1) is 23.3. The number of hydrogen-bond donors (Lipinski definition) is 2. The predicted octanol–water partition coefficient (Wildman–Crippen LogP) is 4.42. The summed E-state index contributed by atoms with van der Waals surface area (Å²) >= 11 is 0. The maximum atomic E-state index is 12.2. The molecule has 1 heterocycles. The lowest BCUT2D eigenvalue weighted by molar-refractivity contribution is 0.0951. The van der Waals surface area contributed by atoms with E-state index >= 15 is 0 Å². The maximum Gasteiger partial charge on any atom is 0.251 e. The van der Waals surface area contributed by atoms with Crippen LogP contribution < -0.4 is 11.1 Å². The number of benzene rings is 2. The fourth-order valence-corrected chi connectivity index (χ4v) is 3.35. The van der Waals surface area contributed by atoms with Gasteiger partial charge < -0.3 is 11.1 Å². The highest BCUT2D eigenvalue weighted by atomic mass is 35.5. The summed E-state index contributed by atoms with van der Waals surface area (Å²) in [6.45, 7) is 5.05. The van der Waals surface area contributed by atoms with Crippen molar-refractivity contribution in [2.45, 2.75) is 45.3 Å². The number of nitrogens with zero attached hydrogens (tertiary/aromatic N) is 1. The molecule has 1 aliphatic rings. The van der Waals surface area contributed by atoms with E-state index in [0.29, 0.717) is 23.8 Å². The Morgan fingerprint density at radius 2 is 1.81 bits per heavy atom. The zero-order valence-electron chi connectivity index (χ0n) is 15.7. The van der Waals surface area contributed by atoms with Gasteiger partial charge in [-0.3, -0.25) is 9.69 Å². The monoisotopic (exact) mass is 409 g/mol. The lowest BCUT2D eigenvalue weighted by atomic mass is 10.0. The van der Waals surface area contributed by atoms with Gasteiger partial charge in [0.1, 0.15) is 0 Å². The second kappa shape index (κ2) is 11.2. The number of rotatable bonds is 5. The molecule has 2 aromatic carbocycles. The molecule has 1 saturated heterocycles. The van der Waals surface area contributed by atoms with Gasteiger partial charge in [0.15, 0.2) is 0 Å². The van der Waals surface area contributed by atoms with Crippen molar-refractivity contribution in [1.29, 1.82) is 0 Å². The molecule has 0 bridgehead atoms. The summed E-state index contributed by atoms with van der Waals surface area (Å²) in [5, 5.41) is 2.95. The molecular weight excluding hydrogens is 381 g/mol. The van der Waals surface area contributed by atoms with Crippen LogP contribution in [0.5, 0.6) is 0 Å². The Balaban J connectivity index is 0.00000182. The van der Waals surface area contributed by atoms with Crippen molar-refractivity contribution in [3.63, 3.8) is 0 Å². The van der Waals surface area contributed by atoms with E-state index in [1.54, 1.807) is 24.3 Å². The Labute approximate surface area is 174 Å². The third kappa shape index (κ3) is 6.73. The zero-order valence-corrected chi connectivity index (χ0v) is 17.3. The number of amides is 1. The average Bonchev–Trinajstić information content (AvgIpc) is 2.63. The Morgan fingerprint density at radius 1 is 1.11 bits per heavy atom. The summed E-state index contributed by atoms with van der Waals surface area (Å²) < 4.78 is 0. The Morgan fingerprint density at radius 3 is 2.48 bits per heavy atom. The molecule has 0 saturated carbocycles. The Bertz CT molecular complexity index is 722. The molecule has 148 valence electrons. The van der Waals surface area contributed by atoms with Crippen molar-refractivity contribution in [3.05, 3.63) is 65.2 Å². The molecule has 3 rings (SSSR count). The van der Waals surface area contributed by atoms with E-state index in [1.807, 2.05) is 0 Å². The number of anilines is 1. The number of carbonyl (C=O) groups excluding carboxylic acids is 1. The van der Waals surface area contributed by atoms with E-state index in [-0.39, 0.29) is 30.7 Å². The second-order valence-electron chi connectivity index (χ2n) is 6.94. The molecule has 1 fully saturated rings. The SMILES string of the molecule is CC1CCCCN1Cc1ccc(CNC(=O)c2cccc(N)c2)cc1.Cl.Cl. The van der Waals surface area contributed by atoms with Gasteiger partial charge in [0, 0.05) is 30.4 Å². The zero-order chi connectivity index (χ0) is 17.6. The summed E-state index contributed by atoms with van der Waals surface area (Å²) in [4.78, 5) is 14.7. The number of nitrogens with one attached hydrogen (secondary N) is 1. The first-order valence-electron chi connectivity index (χ1n) is 9.07. The number of likely N-dealkylation sites (tertiary alicyclic amines) is 1. The molecule has 1 unspecified atom stereocenters. The van der Waals surface area contributed by atoms with Crippen molar-refractivity contribution in [1.82, 2.24) is 10.2 Å². The lowest BCUT2D eigenvalue weighted by Crippen LogP contribution is -2.36. The first-order chi connectivity index (χ1) is 12.1. The number of hydrogen-bond acceptors (Lipinski definition) is 3. The molecule has 1 amide bonds. The van der Waals surface area contributed by atoms with Crippen LogP contribution in [0, 0.1) is 0 Å². The molecule has 0 aliphatic carbocycles. The lowest BCUT2D eigenvalue weighted by Gasteiger charge is -2.33. The van der Waals surface area contributed by atoms with Gasteiger partial charge in [0.2, 0.25) is 0 Å². The van der Waals surface area contributed by atoms with Crippen LogP contribution in [0.2, 0.25) is 0 Å². The minimum Gasteiger partial charge on any atom is -0.399 e. The van der Waals surface area contributed by atoms with Gasteiger partial charge >= 0.3 is 0 Å². The van der Waals surface area contributed by atoms with E-state index in [2.05, 4.69) is 41.4 Å². The smallest absolute Gasteiger partial charge is 0.251 e. The Hall–Kier alpha value is -1.75. The van der Waals surface area contributed by atoms with E-state index < -0.39 is 0 Å². The summed E-state index contributed by atoms with van der Waals surface area (Å²) in [6.07, 6.45) is 3.95. The molecule has 0 aromatic heterocycles. The van der Waals surface area contributed by atoms with Crippen LogP contribution in [0.25, 0.3) is 0 Å². The van der Waals surface area contributed by atoms with Crippen molar-refractivity contribution >= 4 is 36.4 Å². The molecule has 6 heteroatoms. The predicted molar refractivity (Wildman–Crippen MR) is 117 cm³/mol. The second-order valence-corrected chi connectivity index (χ2v) is 6.94. The van der Waals surface area contributed by atoms with Crippen LogP contribution in [0.4, 0.5) is 5.69 Å². The normalized spacial score (nSPS) is 16.7. The third-order valence-electron chi connectivity index (χ3n) is 4.95. The van der Waals surface area contributed by atoms with Crippen molar-refractivity contribution in [2.75, 3.05) is 12.3 Å². The van der Waals surface area contributed by atoms with Gasteiger partial charge in [-0.2, -0.15) is 0 Å². The quantitative estimate of drug-likeness (QED) is 0.718. The van der Waals surface area contributed by atoms with Gasteiger partial charge in [-0.05, 0) is 55.6 Å². The van der Waals surface area contributed by atoms with Crippen LogP contribution in [-0.4, -0.2) is 23.4 Å². The summed E-state index contributed by atoms with van der Waals surface area (Å²) in [5.74, 6) is -0.0986. The highest BCUT2D eigenvalue weighted by Crippen LogP contribution is 2.19. The van der Waals surface area contributed by atoms with Gasteiger partial charge in [0.05, 0.1) is 0 Å². The number of carbonyl (C=O) groups is 1. The van der Waals surface area contributed by atoms with Crippen LogP contribution in [0.15, 0.2) is 48.5 Å². The number of nitrogen functional groups attached to an aromatic ring is 1. The molecule has 2 aromatic rings. The highest BCUT2D eigenvalue weighted by Gasteiger charge is 2.17. The summed E-state index contributed by atoms with van der Waals surface area (Å²) in [5.41, 5.74) is 9.35. The standard InChI is InChI=1S/C21H27N3O.2ClH/c1-16-5-2-3-12-24(16)15-18-10-8-17(9-11-18)14-23-21(25)19-6-4-7-20(22)13-19;;/h4,6-11,13,16H,2-3,5,12,14-15,22H2,1H3,(H,23,25);2*1H. The van der Waals surface area contributed by atoms with Crippen molar-refractivity contribution < 1.29 is 4.79 Å². The maximum absolute atomic E-state index is 12.2. The number of piperidine rings is 1. The van der Waals surface area contributed by atoms with Gasteiger partial charge in [0.25, 0.3) is 5.91 Å². The minimum atomic E-state index is -0.0986. The van der Waals surface area contributed by atoms with Crippen LogP contribution in [0.1, 0.15) is 47.7 Å². The van der Waals surface area contributed by atoms with E-state index in [9.17, 15) is 4.79 Å². The Kier molecular flexibility index (Phi) is 9.64.